The summed E-state index contributed by atoms with van der Waals surface area (Å²) >= 11 is 6.14. The number of alkyl halides is 1. The van der Waals surface area contributed by atoms with E-state index in [1.807, 2.05) is 0 Å². The molecule has 0 heterocycles. The Morgan fingerprint density at radius 2 is 1.83 bits per heavy atom. The van der Waals surface area contributed by atoms with Gasteiger partial charge in [-0.3, -0.25) is 0 Å². The number of methoxy groups -OCH3 is 1. The quantitative estimate of drug-likeness (QED) is 0.701. The molecule has 0 saturated heterocycles. The second-order valence-corrected chi connectivity index (χ2v) is 6.52. The van der Waals surface area contributed by atoms with Crippen molar-refractivity contribution in [3.63, 3.8) is 0 Å². The Labute approximate surface area is 116 Å². The molecule has 1 aromatic rings. The Morgan fingerprint density at radius 1 is 1.22 bits per heavy atom. The molecule has 102 valence electrons. The van der Waals surface area contributed by atoms with Crippen LogP contribution in [0, 0.1) is 5.92 Å². The molecular formula is C16H25ClO. The van der Waals surface area contributed by atoms with E-state index in [9.17, 15) is 0 Å². The molecule has 0 aliphatic rings. The van der Waals surface area contributed by atoms with Crippen molar-refractivity contribution in [2.75, 3.05) is 13.0 Å². The van der Waals surface area contributed by atoms with Gasteiger partial charge in [-0.1, -0.05) is 46.8 Å². The van der Waals surface area contributed by atoms with Crippen LogP contribution in [0.1, 0.15) is 51.7 Å². The molecule has 1 rings (SSSR count). The number of rotatable bonds is 4. The molecule has 0 aliphatic carbocycles. The summed E-state index contributed by atoms with van der Waals surface area (Å²) in [6.07, 6.45) is 0. The highest BCUT2D eigenvalue weighted by Gasteiger charge is 2.22. The second kappa shape index (κ2) is 5.97. The lowest BCUT2D eigenvalue weighted by atomic mass is 9.82. The van der Waals surface area contributed by atoms with Gasteiger partial charge in [0, 0.05) is 11.8 Å². The largest absolute Gasteiger partial charge is 0.496 e. The summed E-state index contributed by atoms with van der Waals surface area (Å²) in [5.74, 6) is 2.42. The Hall–Kier alpha value is -0.690. The van der Waals surface area contributed by atoms with Crippen LogP contribution in [0.2, 0.25) is 0 Å². The molecule has 0 aromatic heterocycles. The summed E-state index contributed by atoms with van der Waals surface area (Å²) in [5.41, 5.74) is 2.71. The monoisotopic (exact) mass is 268 g/mol. The number of benzene rings is 1. The van der Waals surface area contributed by atoms with Gasteiger partial charge in [0.2, 0.25) is 0 Å². The predicted octanol–water partition coefficient (Wildman–Crippen LogP) is 4.97. The average Bonchev–Trinajstić information content (AvgIpc) is 2.28. The molecule has 0 spiro atoms. The fourth-order valence-corrected chi connectivity index (χ4v) is 2.63. The van der Waals surface area contributed by atoms with Crippen LogP contribution in [0.3, 0.4) is 0 Å². The molecule has 0 N–H and O–H groups in total. The maximum Gasteiger partial charge on any atom is 0.122 e. The third-order valence-corrected chi connectivity index (χ3v) is 3.80. The lowest BCUT2D eigenvalue weighted by Gasteiger charge is -2.25. The summed E-state index contributed by atoms with van der Waals surface area (Å²) in [5, 5.41) is 0. The van der Waals surface area contributed by atoms with Crippen LogP contribution in [0.15, 0.2) is 18.2 Å². The molecule has 1 nitrogen and oxygen atoms in total. The lowest BCUT2D eigenvalue weighted by Crippen LogP contribution is -2.15. The molecule has 1 aromatic carbocycles. The van der Waals surface area contributed by atoms with Crippen molar-refractivity contribution in [1.82, 2.24) is 0 Å². The lowest BCUT2D eigenvalue weighted by molar-refractivity contribution is 0.398. The third-order valence-electron chi connectivity index (χ3n) is 3.47. The molecule has 0 bridgehead atoms. The minimum absolute atomic E-state index is 0.148. The van der Waals surface area contributed by atoms with Gasteiger partial charge < -0.3 is 4.74 Å². The molecule has 0 aliphatic heterocycles. The molecule has 1 atom stereocenters. The first-order valence-corrected chi connectivity index (χ1v) is 7.09. The number of ether oxygens (including phenoxy) is 1. The predicted molar refractivity (Wildman–Crippen MR) is 80.0 cm³/mol. The van der Waals surface area contributed by atoms with E-state index in [1.54, 1.807) is 7.11 Å². The number of halogens is 1. The van der Waals surface area contributed by atoms with Crippen LogP contribution in [0.25, 0.3) is 0 Å². The first kappa shape index (κ1) is 15.4. The Balaban J connectivity index is 3.29. The van der Waals surface area contributed by atoms with E-state index in [1.165, 1.54) is 11.1 Å². The first-order valence-electron chi connectivity index (χ1n) is 6.55. The number of hydrogen-bond acceptors (Lipinski definition) is 1. The van der Waals surface area contributed by atoms with Crippen LogP contribution in [-0.4, -0.2) is 13.0 Å². The van der Waals surface area contributed by atoms with E-state index in [2.05, 4.69) is 52.8 Å². The second-order valence-electron chi connectivity index (χ2n) is 6.21. The highest BCUT2D eigenvalue weighted by atomic mass is 35.5. The van der Waals surface area contributed by atoms with Crippen molar-refractivity contribution in [2.24, 2.45) is 5.92 Å². The molecule has 0 fully saturated rings. The smallest absolute Gasteiger partial charge is 0.122 e. The molecular weight excluding hydrogens is 244 g/mol. The Kier molecular flexibility index (Phi) is 5.10. The summed E-state index contributed by atoms with van der Waals surface area (Å²) in [6, 6.07) is 6.47. The maximum absolute atomic E-state index is 6.14. The minimum atomic E-state index is 0.148. The van der Waals surface area contributed by atoms with Gasteiger partial charge >= 0.3 is 0 Å². The van der Waals surface area contributed by atoms with Crippen molar-refractivity contribution in [3.05, 3.63) is 29.3 Å². The van der Waals surface area contributed by atoms with Crippen molar-refractivity contribution in [2.45, 2.75) is 46.0 Å². The van der Waals surface area contributed by atoms with Crippen LogP contribution >= 0.6 is 11.6 Å². The summed E-state index contributed by atoms with van der Waals surface area (Å²) < 4.78 is 5.49. The van der Waals surface area contributed by atoms with Gasteiger partial charge in [0.1, 0.15) is 5.75 Å². The van der Waals surface area contributed by atoms with Crippen LogP contribution in [-0.2, 0) is 5.41 Å². The van der Waals surface area contributed by atoms with Crippen molar-refractivity contribution >= 4 is 11.6 Å². The molecule has 0 saturated carbocycles. The standard InChI is InChI=1S/C16H25ClO/c1-11(2)14(10-17)13-9-12(16(3,4)5)7-8-15(13)18-6/h7-9,11,14H,10H2,1-6H3. The summed E-state index contributed by atoms with van der Waals surface area (Å²) in [6.45, 7) is 11.1. The van der Waals surface area contributed by atoms with Gasteiger partial charge in [0.05, 0.1) is 7.11 Å². The molecule has 2 heteroatoms. The summed E-state index contributed by atoms with van der Waals surface area (Å²) in [7, 11) is 1.72. The highest BCUT2D eigenvalue weighted by molar-refractivity contribution is 6.18. The van der Waals surface area contributed by atoms with Crippen molar-refractivity contribution in [1.29, 1.82) is 0 Å². The van der Waals surface area contributed by atoms with Gasteiger partial charge in [0.15, 0.2) is 0 Å². The Bertz CT molecular complexity index is 391. The van der Waals surface area contributed by atoms with Crippen LogP contribution in [0.4, 0.5) is 0 Å². The molecule has 1 unspecified atom stereocenters. The van der Waals surface area contributed by atoms with Gasteiger partial charge in [0.25, 0.3) is 0 Å². The van der Waals surface area contributed by atoms with Gasteiger partial charge in [-0.25, -0.2) is 0 Å². The topological polar surface area (TPSA) is 9.23 Å². The summed E-state index contributed by atoms with van der Waals surface area (Å²) in [4.78, 5) is 0. The van der Waals surface area contributed by atoms with E-state index < -0.39 is 0 Å². The fraction of sp³-hybridized carbons (Fsp3) is 0.625. The zero-order valence-electron chi connectivity index (χ0n) is 12.4. The van der Waals surface area contributed by atoms with Crippen molar-refractivity contribution in [3.8, 4) is 5.75 Å². The van der Waals surface area contributed by atoms with Gasteiger partial charge in [-0.15, -0.1) is 11.6 Å². The zero-order valence-corrected chi connectivity index (χ0v) is 13.1. The van der Waals surface area contributed by atoms with E-state index in [0.717, 1.165) is 5.75 Å². The van der Waals surface area contributed by atoms with E-state index >= 15 is 0 Å². The minimum Gasteiger partial charge on any atom is -0.496 e. The van der Waals surface area contributed by atoms with Crippen LogP contribution in [0.5, 0.6) is 5.75 Å². The molecule has 18 heavy (non-hydrogen) atoms. The van der Waals surface area contributed by atoms with E-state index in [-0.39, 0.29) is 5.41 Å². The van der Waals surface area contributed by atoms with E-state index in [0.29, 0.717) is 17.7 Å². The normalized spacial score (nSPS) is 13.8. The van der Waals surface area contributed by atoms with Gasteiger partial charge in [-0.2, -0.15) is 0 Å². The highest BCUT2D eigenvalue weighted by Crippen LogP contribution is 2.36. The van der Waals surface area contributed by atoms with Crippen molar-refractivity contribution < 1.29 is 4.74 Å². The van der Waals surface area contributed by atoms with Crippen LogP contribution < -0.4 is 4.74 Å². The molecule has 0 amide bonds. The van der Waals surface area contributed by atoms with E-state index in [4.69, 9.17) is 16.3 Å². The van der Waals surface area contributed by atoms with Gasteiger partial charge in [-0.05, 0) is 28.5 Å². The third kappa shape index (κ3) is 3.41. The zero-order chi connectivity index (χ0) is 13.9. The average molecular weight is 269 g/mol. The number of hydrogen-bond donors (Lipinski definition) is 0. The maximum atomic E-state index is 6.14. The SMILES string of the molecule is COc1ccc(C(C)(C)C)cc1C(CCl)C(C)C. The fourth-order valence-electron chi connectivity index (χ4n) is 2.11. The Morgan fingerprint density at radius 3 is 2.22 bits per heavy atom. The first-order chi connectivity index (χ1) is 8.31. The molecule has 0 radical (unpaired) electrons.